The molecule has 0 aromatic rings. The Balaban J connectivity index is 3.81. The van der Waals surface area contributed by atoms with Crippen molar-refractivity contribution in [2.45, 2.75) is 6.42 Å². The predicted molar refractivity (Wildman–Crippen MR) is 43.1 cm³/mol. The first kappa shape index (κ1) is 11.3. The Hall–Kier alpha value is -0.660. The molecule has 72 valence electrons. The monoisotopic (exact) mass is 196 g/mol. The van der Waals surface area contributed by atoms with Gasteiger partial charge in [0, 0.05) is 6.54 Å². The second kappa shape index (κ2) is 5.07. The third-order valence-corrected chi connectivity index (χ3v) is 2.29. The SMILES string of the molecule is NCCCNS(=O)(=O)CC(=O)O. The highest BCUT2D eigenvalue weighted by molar-refractivity contribution is 7.90. The molecule has 0 amide bonds. The lowest BCUT2D eigenvalue weighted by molar-refractivity contribution is -0.134. The van der Waals surface area contributed by atoms with Gasteiger partial charge in [-0.3, -0.25) is 4.79 Å². The minimum absolute atomic E-state index is 0.187. The summed E-state index contributed by atoms with van der Waals surface area (Å²) < 4.78 is 23.7. The van der Waals surface area contributed by atoms with Crippen LogP contribution >= 0.6 is 0 Å². The van der Waals surface area contributed by atoms with Crippen molar-refractivity contribution in [3.8, 4) is 0 Å². The lowest BCUT2D eigenvalue weighted by atomic mass is 10.4. The van der Waals surface area contributed by atoms with Crippen LogP contribution in [0.5, 0.6) is 0 Å². The summed E-state index contributed by atoms with van der Waals surface area (Å²) in [5.41, 5.74) is 5.11. The maximum Gasteiger partial charge on any atom is 0.320 e. The molecule has 12 heavy (non-hydrogen) atoms. The quantitative estimate of drug-likeness (QED) is 0.440. The number of nitrogens with two attached hydrogens (primary N) is 1. The number of nitrogens with one attached hydrogen (secondary N) is 1. The van der Waals surface area contributed by atoms with Crippen LogP contribution in [-0.4, -0.2) is 38.3 Å². The number of carbonyl (C=O) groups is 1. The van der Waals surface area contributed by atoms with Crippen LogP contribution in [0.2, 0.25) is 0 Å². The Morgan fingerprint density at radius 2 is 2.08 bits per heavy atom. The van der Waals surface area contributed by atoms with Crippen LogP contribution in [0.4, 0.5) is 0 Å². The highest BCUT2D eigenvalue weighted by atomic mass is 32.2. The van der Waals surface area contributed by atoms with Gasteiger partial charge in [0.05, 0.1) is 0 Å². The highest BCUT2D eigenvalue weighted by Gasteiger charge is 2.13. The first-order valence-corrected chi connectivity index (χ1v) is 5.02. The van der Waals surface area contributed by atoms with Gasteiger partial charge in [-0.1, -0.05) is 0 Å². The van der Waals surface area contributed by atoms with Gasteiger partial charge in [0.1, 0.15) is 0 Å². The predicted octanol–water partition coefficient (Wildman–Crippen LogP) is -1.66. The second-order valence-corrected chi connectivity index (χ2v) is 4.00. The van der Waals surface area contributed by atoms with E-state index >= 15 is 0 Å². The number of hydrogen-bond donors (Lipinski definition) is 3. The molecule has 0 saturated carbocycles. The van der Waals surface area contributed by atoms with Gasteiger partial charge in [0.2, 0.25) is 10.0 Å². The van der Waals surface area contributed by atoms with E-state index in [-0.39, 0.29) is 6.54 Å². The molecule has 0 saturated heterocycles. The molecule has 0 aliphatic heterocycles. The van der Waals surface area contributed by atoms with Gasteiger partial charge in [-0.05, 0) is 13.0 Å². The van der Waals surface area contributed by atoms with Gasteiger partial charge in [0.25, 0.3) is 0 Å². The van der Waals surface area contributed by atoms with Gasteiger partial charge in [-0.2, -0.15) is 0 Å². The van der Waals surface area contributed by atoms with Gasteiger partial charge in [-0.25, -0.2) is 13.1 Å². The lowest BCUT2D eigenvalue weighted by Crippen LogP contribution is -2.31. The fourth-order valence-corrected chi connectivity index (χ4v) is 1.43. The summed E-state index contributed by atoms with van der Waals surface area (Å²) in [6.45, 7) is 0.557. The minimum atomic E-state index is -3.66. The first-order valence-electron chi connectivity index (χ1n) is 3.37. The lowest BCUT2D eigenvalue weighted by Gasteiger charge is -2.01. The molecule has 0 unspecified atom stereocenters. The van der Waals surface area contributed by atoms with Crippen LogP contribution in [0.3, 0.4) is 0 Å². The fourth-order valence-electron chi connectivity index (χ4n) is 0.543. The third kappa shape index (κ3) is 6.08. The van der Waals surface area contributed by atoms with Crippen molar-refractivity contribution in [1.29, 1.82) is 0 Å². The summed E-state index contributed by atoms with van der Waals surface area (Å²) in [6, 6.07) is 0. The fraction of sp³-hybridized carbons (Fsp3) is 0.800. The van der Waals surface area contributed by atoms with Gasteiger partial charge >= 0.3 is 5.97 Å². The van der Waals surface area contributed by atoms with Crippen LogP contribution in [0.1, 0.15) is 6.42 Å². The Labute approximate surface area is 70.8 Å². The normalized spacial score (nSPS) is 11.4. The van der Waals surface area contributed by atoms with E-state index in [2.05, 4.69) is 4.72 Å². The molecule has 0 aliphatic rings. The van der Waals surface area contributed by atoms with Crippen molar-refractivity contribution >= 4 is 16.0 Å². The maximum absolute atomic E-state index is 10.8. The molecule has 0 radical (unpaired) electrons. The average Bonchev–Trinajstić information content (AvgIpc) is 1.84. The summed E-state index contributed by atoms with van der Waals surface area (Å²) >= 11 is 0. The average molecular weight is 196 g/mol. The van der Waals surface area contributed by atoms with Crippen molar-refractivity contribution in [3.63, 3.8) is 0 Å². The third-order valence-electron chi connectivity index (χ3n) is 1.02. The molecule has 0 aromatic carbocycles. The molecule has 0 spiro atoms. The number of hydrogen-bond acceptors (Lipinski definition) is 4. The second-order valence-electron chi connectivity index (χ2n) is 2.19. The standard InChI is InChI=1S/C5H12N2O4S/c6-2-1-3-7-12(10,11)4-5(8)9/h7H,1-4,6H2,(H,8,9). The minimum Gasteiger partial charge on any atom is -0.480 e. The number of aliphatic carboxylic acids is 1. The maximum atomic E-state index is 10.8. The number of sulfonamides is 1. The van der Waals surface area contributed by atoms with E-state index in [1.807, 2.05) is 0 Å². The number of rotatable bonds is 6. The summed E-state index contributed by atoms with van der Waals surface area (Å²) in [5, 5.41) is 8.16. The molecule has 6 nitrogen and oxygen atoms in total. The summed E-state index contributed by atoms with van der Waals surface area (Å²) in [6.07, 6.45) is 0.499. The van der Waals surface area contributed by atoms with Gasteiger partial charge < -0.3 is 10.8 Å². The summed E-state index contributed by atoms with van der Waals surface area (Å²) in [5.74, 6) is -2.26. The Morgan fingerprint density at radius 1 is 1.50 bits per heavy atom. The van der Waals surface area contributed by atoms with E-state index in [4.69, 9.17) is 10.8 Å². The first-order chi connectivity index (χ1) is 5.48. The Morgan fingerprint density at radius 3 is 2.50 bits per heavy atom. The van der Waals surface area contributed by atoms with Crippen LogP contribution in [0.25, 0.3) is 0 Å². The van der Waals surface area contributed by atoms with Crippen molar-refractivity contribution in [2.75, 3.05) is 18.8 Å². The number of carboxylic acid groups (broad SMARTS) is 1. The smallest absolute Gasteiger partial charge is 0.320 e. The topological polar surface area (TPSA) is 109 Å². The molecule has 0 heterocycles. The van der Waals surface area contributed by atoms with Crippen molar-refractivity contribution in [1.82, 2.24) is 4.72 Å². The summed E-state index contributed by atoms with van der Waals surface area (Å²) in [7, 11) is -3.66. The van der Waals surface area contributed by atoms with Crippen LogP contribution < -0.4 is 10.5 Å². The molecule has 0 fully saturated rings. The Bertz CT molecular complexity index is 236. The number of carboxylic acids is 1. The van der Waals surface area contributed by atoms with Gasteiger partial charge in [-0.15, -0.1) is 0 Å². The molecular weight excluding hydrogens is 184 g/mol. The Kier molecular flexibility index (Phi) is 4.79. The van der Waals surface area contributed by atoms with Crippen molar-refractivity contribution in [3.05, 3.63) is 0 Å². The summed E-state index contributed by atoms with van der Waals surface area (Å²) in [4.78, 5) is 10.0. The van der Waals surface area contributed by atoms with E-state index in [1.165, 1.54) is 0 Å². The molecule has 0 bridgehead atoms. The molecule has 4 N–H and O–H groups in total. The molecule has 7 heteroatoms. The molecule has 0 rings (SSSR count). The zero-order valence-corrected chi connectivity index (χ0v) is 7.30. The van der Waals surface area contributed by atoms with E-state index in [0.717, 1.165) is 0 Å². The van der Waals surface area contributed by atoms with E-state index in [1.54, 1.807) is 0 Å². The van der Waals surface area contributed by atoms with Crippen LogP contribution in [0.15, 0.2) is 0 Å². The van der Waals surface area contributed by atoms with E-state index < -0.39 is 21.7 Å². The zero-order valence-electron chi connectivity index (χ0n) is 6.49. The largest absolute Gasteiger partial charge is 0.480 e. The van der Waals surface area contributed by atoms with Crippen molar-refractivity contribution in [2.24, 2.45) is 5.73 Å². The van der Waals surface area contributed by atoms with Gasteiger partial charge in [0.15, 0.2) is 5.75 Å². The zero-order chi connectivity index (χ0) is 9.61. The molecule has 0 atom stereocenters. The molecule has 0 aliphatic carbocycles. The van der Waals surface area contributed by atoms with E-state index in [9.17, 15) is 13.2 Å². The van der Waals surface area contributed by atoms with Crippen LogP contribution in [0, 0.1) is 0 Å². The van der Waals surface area contributed by atoms with Crippen molar-refractivity contribution < 1.29 is 18.3 Å². The molecule has 0 aromatic heterocycles. The highest BCUT2D eigenvalue weighted by Crippen LogP contribution is 1.84. The van der Waals surface area contributed by atoms with Crippen LogP contribution in [-0.2, 0) is 14.8 Å². The molecular formula is C5H12N2O4S. The van der Waals surface area contributed by atoms with E-state index in [0.29, 0.717) is 13.0 Å².